The van der Waals surface area contributed by atoms with Gasteiger partial charge >= 0.3 is 12.1 Å². The molecular weight excluding hydrogens is 443 g/mol. The van der Waals surface area contributed by atoms with Gasteiger partial charge in [0.25, 0.3) is 0 Å². The number of nitrogens with one attached hydrogen (secondary N) is 1. The SMILES string of the molecule is CCC1Nc2ncnc(N3CCOCC3)c2N(Cc2ccccc2)C1=O.O=C(O)C(F)(F)F. The van der Waals surface area contributed by atoms with Crippen molar-refractivity contribution < 1.29 is 32.6 Å². The number of aliphatic carboxylic acids is 1. The topological polar surface area (TPSA) is 108 Å². The highest BCUT2D eigenvalue weighted by atomic mass is 19.4. The van der Waals surface area contributed by atoms with Crippen LogP contribution in [0.3, 0.4) is 0 Å². The van der Waals surface area contributed by atoms with Crippen LogP contribution in [0.2, 0.25) is 0 Å². The molecule has 33 heavy (non-hydrogen) atoms. The molecule has 2 N–H and O–H groups in total. The molecule has 0 bridgehead atoms. The van der Waals surface area contributed by atoms with Gasteiger partial charge in [0.05, 0.1) is 19.8 Å². The Labute approximate surface area is 188 Å². The van der Waals surface area contributed by atoms with Crippen molar-refractivity contribution in [2.75, 3.05) is 41.4 Å². The number of carbonyl (C=O) groups excluding carboxylic acids is 1. The van der Waals surface area contributed by atoms with Gasteiger partial charge < -0.3 is 20.1 Å². The zero-order valence-corrected chi connectivity index (χ0v) is 17.9. The lowest BCUT2D eigenvalue weighted by atomic mass is 10.1. The van der Waals surface area contributed by atoms with Gasteiger partial charge in [-0.3, -0.25) is 9.69 Å². The van der Waals surface area contributed by atoms with Crippen LogP contribution >= 0.6 is 0 Å². The van der Waals surface area contributed by atoms with Crippen molar-refractivity contribution in [1.29, 1.82) is 0 Å². The number of nitrogens with zero attached hydrogens (tertiary/aromatic N) is 4. The molecule has 0 spiro atoms. The minimum Gasteiger partial charge on any atom is -0.475 e. The van der Waals surface area contributed by atoms with Crippen molar-refractivity contribution in [3.63, 3.8) is 0 Å². The number of morpholine rings is 1. The fourth-order valence-corrected chi connectivity index (χ4v) is 3.45. The molecular formula is C21H24F3N5O4. The molecule has 2 aromatic rings. The van der Waals surface area contributed by atoms with Gasteiger partial charge in [0.15, 0.2) is 11.6 Å². The number of rotatable bonds is 4. The highest BCUT2D eigenvalue weighted by Gasteiger charge is 2.38. The smallest absolute Gasteiger partial charge is 0.475 e. The third-order valence-electron chi connectivity index (χ3n) is 5.09. The quantitative estimate of drug-likeness (QED) is 0.707. The van der Waals surface area contributed by atoms with Gasteiger partial charge in [0.1, 0.15) is 18.1 Å². The first kappa shape index (κ1) is 24.2. The predicted octanol–water partition coefficient (Wildman–Crippen LogP) is 2.68. The van der Waals surface area contributed by atoms with E-state index in [4.69, 9.17) is 14.6 Å². The molecule has 1 aromatic carbocycles. The predicted molar refractivity (Wildman–Crippen MR) is 114 cm³/mol. The molecule has 1 aromatic heterocycles. The molecule has 9 nitrogen and oxygen atoms in total. The normalized spacial score (nSPS) is 18.1. The Bertz CT molecular complexity index is 968. The first-order valence-electron chi connectivity index (χ1n) is 10.3. The van der Waals surface area contributed by atoms with Gasteiger partial charge in [-0.25, -0.2) is 14.8 Å². The number of hydrogen-bond donors (Lipinski definition) is 2. The maximum Gasteiger partial charge on any atom is 0.490 e. The van der Waals surface area contributed by atoms with E-state index < -0.39 is 12.1 Å². The summed E-state index contributed by atoms with van der Waals surface area (Å²) in [7, 11) is 0. The highest BCUT2D eigenvalue weighted by Crippen LogP contribution is 2.38. The summed E-state index contributed by atoms with van der Waals surface area (Å²) in [6.45, 7) is 5.36. The Morgan fingerprint density at radius 3 is 2.42 bits per heavy atom. The number of carbonyl (C=O) groups is 2. The average molecular weight is 467 g/mol. The zero-order valence-electron chi connectivity index (χ0n) is 17.9. The first-order chi connectivity index (χ1) is 15.7. The molecule has 12 heteroatoms. The number of hydrogen-bond acceptors (Lipinski definition) is 7. The van der Waals surface area contributed by atoms with Gasteiger partial charge in [-0.15, -0.1) is 0 Å². The maximum atomic E-state index is 13.1. The van der Waals surface area contributed by atoms with Gasteiger partial charge in [0, 0.05) is 13.1 Å². The summed E-state index contributed by atoms with van der Waals surface area (Å²) in [4.78, 5) is 35.0. The number of amides is 1. The number of fused-ring (bicyclic) bond motifs is 1. The number of aromatic nitrogens is 2. The summed E-state index contributed by atoms with van der Waals surface area (Å²) in [5.41, 5.74) is 1.85. The van der Waals surface area contributed by atoms with Crippen molar-refractivity contribution >= 4 is 29.2 Å². The van der Waals surface area contributed by atoms with E-state index in [9.17, 15) is 18.0 Å². The molecule has 178 valence electrons. The summed E-state index contributed by atoms with van der Waals surface area (Å²) >= 11 is 0. The van der Waals surface area contributed by atoms with Crippen molar-refractivity contribution in [3.8, 4) is 0 Å². The van der Waals surface area contributed by atoms with E-state index in [1.807, 2.05) is 42.2 Å². The lowest BCUT2D eigenvalue weighted by Gasteiger charge is -2.38. The number of anilines is 3. The summed E-state index contributed by atoms with van der Waals surface area (Å²) < 4.78 is 37.2. The van der Waals surface area contributed by atoms with Crippen molar-refractivity contribution in [2.24, 2.45) is 0 Å². The minimum atomic E-state index is -5.08. The minimum absolute atomic E-state index is 0.0631. The molecule has 1 amide bonds. The number of alkyl halides is 3. The number of halogens is 3. The van der Waals surface area contributed by atoms with Crippen molar-refractivity contribution in [2.45, 2.75) is 32.1 Å². The first-order valence-corrected chi connectivity index (χ1v) is 10.3. The lowest BCUT2D eigenvalue weighted by molar-refractivity contribution is -0.192. The van der Waals surface area contributed by atoms with Crippen molar-refractivity contribution in [3.05, 3.63) is 42.2 Å². The van der Waals surface area contributed by atoms with E-state index >= 15 is 0 Å². The van der Waals surface area contributed by atoms with E-state index in [1.165, 1.54) is 0 Å². The Morgan fingerprint density at radius 1 is 1.21 bits per heavy atom. The molecule has 1 unspecified atom stereocenters. The standard InChI is InChI=1S/C19H23N5O2.C2HF3O2/c1-2-15-19(25)24(12-14-6-4-3-5-7-14)16-17(22-15)20-13-21-18(16)23-8-10-26-11-9-23;3-2(4,5)1(6)7/h3-7,13,15H,2,8-12H2,1H3,(H,20,21,22);(H,6,7). The van der Waals surface area contributed by atoms with Gasteiger partial charge in [-0.05, 0) is 12.0 Å². The van der Waals surface area contributed by atoms with Crippen LogP contribution in [0.1, 0.15) is 18.9 Å². The third kappa shape index (κ3) is 5.89. The van der Waals surface area contributed by atoms with Crippen molar-refractivity contribution in [1.82, 2.24) is 9.97 Å². The van der Waals surface area contributed by atoms with Crippen LogP contribution in [-0.2, 0) is 20.9 Å². The van der Waals surface area contributed by atoms with E-state index in [2.05, 4.69) is 20.2 Å². The van der Waals surface area contributed by atoms with Crippen LogP contribution in [0, 0.1) is 0 Å². The number of carboxylic acid groups (broad SMARTS) is 1. The summed E-state index contributed by atoms with van der Waals surface area (Å²) in [5, 5.41) is 10.4. The number of ether oxygens (including phenoxy) is 1. The molecule has 2 aliphatic heterocycles. The monoisotopic (exact) mass is 467 g/mol. The van der Waals surface area contributed by atoms with Crippen LogP contribution < -0.4 is 15.1 Å². The van der Waals surface area contributed by atoms with Gasteiger partial charge in [-0.2, -0.15) is 13.2 Å². The van der Waals surface area contributed by atoms with Crippen LogP contribution in [-0.4, -0.2) is 65.5 Å². The Kier molecular flexibility index (Phi) is 7.69. The third-order valence-corrected chi connectivity index (χ3v) is 5.09. The molecule has 1 atom stereocenters. The van der Waals surface area contributed by atoms with Gasteiger partial charge in [0.2, 0.25) is 5.91 Å². The Hall–Kier alpha value is -3.41. The molecule has 1 fully saturated rings. The second-order valence-corrected chi connectivity index (χ2v) is 7.31. The molecule has 1 saturated heterocycles. The second-order valence-electron chi connectivity index (χ2n) is 7.31. The van der Waals surface area contributed by atoms with Gasteiger partial charge in [-0.1, -0.05) is 37.3 Å². The molecule has 0 saturated carbocycles. The van der Waals surface area contributed by atoms with Crippen LogP contribution in [0.5, 0.6) is 0 Å². The largest absolute Gasteiger partial charge is 0.490 e. The highest BCUT2D eigenvalue weighted by molar-refractivity contribution is 6.06. The molecule has 4 rings (SSSR count). The lowest BCUT2D eigenvalue weighted by Crippen LogP contribution is -2.48. The average Bonchev–Trinajstić information content (AvgIpc) is 2.81. The number of benzene rings is 1. The molecule has 0 radical (unpaired) electrons. The fraction of sp³-hybridized carbons (Fsp3) is 0.429. The van der Waals surface area contributed by atoms with Crippen LogP contribution in [0.25, 0.3) is 0 Å². The summed E-state index contributed by atoms with van der Waals surface area (Å²) in [5.74, 6) is -1.17. The second kappa shape index (κ2) is 10.5. The Morgan fingerprint density at radius 2 is 1.85 bits per heavy atom. The summed E-state index contributed by atoms with van der Waals surface area (Å²) in [6, 6.07) is 9.77. The molecule has 2 aliphatic rings. The van der Waals surface area contributed by atoms with Crippen LogP contribution in [0.15, 0.2) is 36.7 Å². The molecule has 3 heterocycles. The van der Waals surface area contributed by atoms with E-state index in [0.717, 1.165) is 36.0 Å². The summed E-state index contributed by atoms with van der Waals surface area (Å²) in [6.07, 6.45) is -2.81. The Balaban J connectivity index is 0.000000383. The van der Waals surface area contributed by atoms with E-state index in [-0.39, 0.29) is 11.9 Å². The van der Waals surface area contributed by atoms with Crippen LogP contribution in [0.4, 0.5) is 30.5 Å². The van der Waals surface area contributed by atoms with E-state index in [0.29, 0.717) is 26.2 Å². The maximum absolute atomic E-state index is 13.1. The number of carboxylic acids is 1. The van der Waals surface area contributed by atoms with E-state index in [1.54, 1.807) is 6.33 Å². The zero-order chi connectivity index (χ0) is 24.0. The fourth-order valence-electron chi connectivity index (χ4n) is 3.45. The molecule has 0 aliphatic carbocycles.